The molecule has 0 aliphatic carbocycles. The molecule has 4 rings (SSSR count). The van der Waals surface area contributed by atoms with E-state index in [0.29, 0.717) is 22.7 Å². The van der Waals surface area contributed by atoms with Crippen LogP contribution in [0.15, 0.2) is 71.1 Å². The Kier molecular flexibility index (Phi) is 6.67. The first-order valence-electron chi connectivity index (χ1n) is 9.54. The van der Waals surface area contributed by atoms with Crippen LogP contribution >= 0.6 is 23.1 Å². The molecule has 4 aromatic rings. The van der Waals surface area contributed by atoms with Crippen LogP contribution in [-0.4, -0.2) is 29.7 Å². The molecule has 0 aliphatic rings. The van der Waals surface area contributed by atoms with Crippen molar-refractivity contribution < 1.29 is 18.7 Å². The molecule has 9 heteroatoms. The van der Waals surface area contributed by atoms with Crippen LogP contribution < -0.4 is 15.4 Å². The molecule has 0 saturated carbocycles. The Morgan fingerprint density at radius 3 is 2.59 bits per heavy atom. The van der Waals surface area contributed by atoms with Crippen molar-refractivity contribution in [3.05, 3.63) is 78.1 Å². The van der Waals surface area contributed by atoms with Gasteiger partial charge in [0.05, 0.1) is 23.1 Å². The van der Waals surface area contributed by atoms with Gasteiger partial charge in [-0.25, -0.2) is 9.37 Å². The number of rotatable bonds is 7. The van der Waals surface area contributed by atoms with Crippen molar-refractivity contribution in [3.8, 4) is 5.75 Å². The second kappa shape index (κ2) is 9.80. The zero-order valence-corrected chi connectivity index (χ0v) is 18.6. The van der Waals surface area contributed by atoms with Crippen molar-refractivity contribution in [2.75, 3.05) is 23.5 Å². The van der Waals surface area contributed by atoms with E-state index in [2.05, 4.69) is 15.6 Å². The van der Waals surface area contributed by atoms with Gasteiger partial charge in [0.2, 0.25) is 5.91 Å². The molecule has 0 unspecified atom stereocenters. The second-order valence-electron chi connectivity index (χ2n) is 6.69. The van der Waals surface area contributed by atoms with Gasteiger partial charge >= 0.3 is 0 Å². The predicted octanol–water partition coefficient (Wildman–Crippen LogP) is 5.43. The lowest BCUT2D eigenvalue weighted by atomic mass is 10.2. The molecule has 0 aliphatic heterocycles. The summed E-state index contributed by atoms with van der Waals surface area (Å²) in [5.41, 5.74) is 2.43. The first-order chi connectivity index (χ1) is 15.5. The summed E-state index contributed by atoms with van der Waals surface area (Å²) in [5, 5.41) is 5.64. The van der Waals surface area contributed by atoms with Crippen LogP contribution in [0.3, 0.4) is 0 Å². The number of fused-ring (bicyclic) bond motifs is 1. The number of thiazole rings is 1. The van der Waals surface area contributed by atoms with Gasteiger partial charge < -0.3 is 15.4 Å². The fraction of sp³-hybridized carbons (Fsp3) is 0.0870. The smallest absolute Gasteiger partial charge is 0.255 e. The molecule has 0 saturated heterocycles. The minimum Gasteiger partial charge on any atom is -0.497 e. The maximum atomic E-state index is 13.0. The number of hydrogen-bond donors (Lipinski definition) is 2. The largest absolute Gasteiger partial charge is 0.497 e. The van der Waals surface area contributed by atoms with Crippen molar-refractivity contribution in [2.24, 2.45) is 0 Å². The van der Waals surface area contributed by atoms with Gasteiger partial charge in [0.25, 0.3) is 5.91 Å². The Hall–Kier alpha value is -3.43. The number of halogens is 1. The molecule has 0 spiro atoms. The third kappa shape index (κ3) is 5.43. The summed E-state index contributed by atoms with van der Waals surface area (Å²) in [4.78, 5) is 29.1. The number of aromatic nitrogens is 1. The molecule has 1 aromatic heterocycles. The van der Waals surface area contributed by atoms with Crippen LogP contribution in [0.5, 0.6) is 5.75 Å². The van der Waals surface area contributed by atoms with Crippen LogP contribution in [-0.2, 0) is 4.79 Å². The molecule has 0 fully saturated rings. The highest BCUT2D eigenvalue weighted by atomic mass is 32.2. The number of hydrogen-bond acceptors (Lipinski definition) is 6. The maximum Gasteiger partial charge on any atom is 0.255 e. The number of amides is 2. The Bertz CT molecular complexity index is 1280. The topological polar surface area (TPSA) is 80.3 Å². The van der Waals surface area contributed by atoms with Crippen LogP contribution in [0.25, 0.3) is 10.2 Å². The number of benzene rings is 3. The Morgan fingerprint density at radius 1 is 1.03 bits per heavy atom. The van der Waals surface area contributed by atoms with E-state index in [4.69, 9.17) is 4.74 Å². The first-order valence-corrected chi connectivity index (χ1v) is 11.3. The summed E-state index contributed by atoms with van der Waals surface area (Å²) in [6.07, 6.45) is 0. The number of nitrogens with zero attached hydrogens (tertiary/aromatic N) is 1. The van der Waals surface area contributed by atoms with Gasteiger partial charge in [-0.05, 0) is 54.6 Å². The highest BCUT2D eigenvalue weighted by molar-refractivity contribution is 8.01. The molecule has 0 bridgehead atoms. The summed E-state index contributed by atoms with van der Waals surface area (Å²) in [7, 11) is 1.57. The van der Waals surface area contributed by atoms with Crippen LogP contribution in [0, 0.1) is 5.82 Å². The molecule has 6 nitrogen and oxygen atoms in total. The number of carbonyl (C=O) groups is 2. The van der Waals surface area contributed by atoms with E-state index in [9.17, 15) is 14.0 Å². The van der Waals surface area contributed by atoms with Gasteiger partial charge in [0.1, 0.15) is 11.6 Å². The molecule has 2 amide bonds. The average Bonchev–Trinajstić information content (AvgIpc) is 3.20. The Morgan fingerprint density at radius 2 is 1.81 bits per heavy atom. The van der Waals surface area contributed by atoms with E-state index in [1.54, 1.807) is 25.3 Å². The summed E-state index contributed by atoms with van der Waals surface area (Å²) in [6.45, 7) is 0. The lowest BCUT2D eigenvalue weighted by molar-refractivity contribution is -0.113. The van der Waals surface area contributed by atoms with Gasteiger partial charge in [0.15, 0.2) is 4.34 Å². The van der Waals surface area contributed by atoms with E-state index in [1.165, 1.54) is 47.4 Å². The minimum absolute atomic E-state index is 0.144. The molecule has 1 heterocycles. The Labute approximate surface area is 191 Å². The summed E-state index contributed by atoms with van der Waals surface area (Å²) in [5.74, 6) is 0.0248. The van der Waals surface area contributed by atoms with Crippen LogP contribution in [0.4, 0.5) is 15.8 Å². The van der Waals surface area contributed by atoms with E-state index < -0.39 is 5.82 Å². The fourth-order valence-electron chi connectivity index (χ4n) is 2.87. The summed E-state index contributed by atoms with van der Waals surface area (Å²) in [6, 6.07) is 17.9. The molecular formula is C23H18FN3O3S2. The molecule has 0 radical (unpaired) electrons. The number of nitrogens with one attached hydrogen (secondary N) is 2. The van der Waals surface area contributed by atoms with Gasteiger partial charge in [-0.3, -0.25) is 9.59 Å². The van der Waals surface area contributed by atoms with Crippen molar-refractivity contribution >= 4 is 56.5 Å². The van der Waals surface area contributed by atoms with Crippen molar-refractivity contribution in [3.63, 3.8) is 0 Å². The van der Waals surface area contributed by atoms with Crippen molar-refractivity contribution in [1.29, 1.82) is 0 Å². The second-order valence-corrected chi connectivity index (χ2v) is 8.95. The summed E-state index contributed by atoms with van der Waals surface area (Å²) < 4.78 is 19.8. The number of anilines is 2. The van der Waals surface area contributed by atoms with Crippen molar-refractivity contribution in [2.45, 2.75) is 4.34 Å². The third-order valence-corrected chi connectivity index (χ3v) is 6.57. The van der Waals surface area contributed by atoms with E-state index >= 15 is 0 Å². The number of thioether (sulfide) groups is 1. The summed E-state index contributed by atoms with van der Waals surface area (Å²) >= 11 is 2.78. The van der Waals surface area contributed by atoms with E-state index in [0.717, 1.165) is 14.6 Å². The standard InChI is InChI=1S/C23H18FN3O3S2/c1-30-18-4-2-3-16(11-18)25-21(28)13-31-23-27-19-10-9-17(12-20(19)32-23)26-22(29)14-5-7-15(24)8-6-14/h2-12H,13H2,1H3,(H,25,28)(H,26,29). The highest BCUT2D eigenvalue weighted by Crippen LogP contribution is 2.31. The zero-order valence-electron chi connectivity index (χ0n) is 16.9. The average molecular weight is 468 g/mol. The maximum absolute atomic E-state index is 13.0. The molecule has 32 heavy (non-hydrogen) atoms. The third-order valence-electron chi connectivity index (χ3n) is 4.41. The fourth-order valence-corrected chi connectivity index (χ4v) is 4.78. The van der Waals surface area contributed by atoms with Crippen LogP contribution in [0.1, 0.15) is 10.4 Å². The number of carbonyl (C=O) groups excluding carboxylic acids is 2. The monoisotopic (exact) mass is 467 g/mol. The molecular weight excluding hydrogens is 449 g/mol. The number of ether oxygens (including phenoxy) is 1. The number of methoxy groups -OCH3 is 1. The first kappa shape index (κ1) is 21.8. The normalized spacial score (nSPS) is 10.7. The zero-order chi connectivity index (χ0) is 22.5. The minimum atomic E-state index is -0.394. The van der Waals surface area contributed by atoms with E-state index in [-0.39, 0.29) is 17.6 Å². The SMILES string of the molecule is COc1cccc(NC(=O)CSc2nc3ccc(NC(=O)c4ccc(F)cc4)cc3s2)c1. The molecule has 162 valence electrons. The van der Waals surface area contributed by atoms with Gasteiger partial charge in [0, 0.05) is 23.0 Å². The van der Waals surface area contributed by atoms with E-state index in [1.807, 2.05) is 24.3 Å². The van der Waals surface area contributed by atoms with Crippen LogP contribution in [0.2, 0.25) is 0 Å². The molecule has 0 atom stereocenters. The van der Waals surface area contributed by atoms with Gasteiger partial charge in [-0.2, -0.15) is 0 Å². The lowest BCUT2D eigenvalue weighted by Gasteiger charge is -2.06. The Balaban J connectivity index is 1.37. The quantitative estimate of drug-likeness (QED) is 0.355. The lowest BCUT2D eigenvalue weighted by Crippen LogP contribution is -2.13. The van der Waals surface area contributed by atoms with Crippen molar-refractivity contribution in [1.82, 2.24) is 4.98 Å². The highest BCUT2D eigenvalue weighted by Gasteiger charge is 2.11. The predicted molar refractivity (Wildman–Crippen MR) is 126 cm³/mol. The molecule has 3 aromatic carbocycles. The van der Waals surface area contributed by atoms with Gasteiger partial charge in [-0.15, -0.1) is 11.3 Å². The van der Waals surface area contributed by atoms with Gasteiger partial charge in [-0.1, -0.05) is 17.8 Å². The molecule has 2 N–H and O–H groups in total.